The van der Waals surface area contributed by atoms with Crippen molar-refractivity contribution in [3.05, 3.63) is 23.3 Å². The number of Topliss-reactive ketones (excluding diaryl/α,β-unsaturated/α-hetero) is 1. The first-order valence-electron chi connectivity index (χ1n) is 5.29. The van der Waals surface area contributed by atoms with Crippen LogP contribution in [-0.2, 0) is 0 Å². The van der Waals surface area contributed by atoms with Crippen molar-refractivity contribution < 1.29 is 14.3 Å². The number of ketones is 1. The molecule has 1 unspecified atom stereocenters. The Morgan fingerprint density at radius 3 is 2.75 bits per heavy atom. The molecule has 0 fully saturated rings. The molecule has 2 rings (SSSR count). The molecule has 2 N–H and O–H groups in total. The van der Waals surface area contributed by atoms with Gasteiger partial charge in [-0.15, -0.1) is 0 Å². The Bertz CT molecular complexity index is 427. The number of hydrogen-bond donors (Lipinski definition) is 1. The lowest BCUT2D eigenvalue weighted by Crippen LogP contribution is -2.27. The van der Waals surface area contributed by atoms with E-state index in [0.717, 1.165) is 11.3 Å². The number of fused-ring (bicyclic) bond motifs is 1. The SMILES string of the molecule is Cc1cc(C(=O)C(C)N)cc2c1OCCO2. The minimum absolute atomic E-state index is 0.0833. The van der Waals surface area contributed by atoms with E-state index in [9.17, 15) is 4.79 Å². The predicted octanol–water partition coefficient (Wildman–Crippen LogP) is 1.30. The first kappa shape index (κ1) is 11.0. The smallest absolute Gasteiger partial charge is 0.179 e. The molecule has 0 aromatic heterocycles. The highest BCUT2D eigenvalue weighted by atomic mass is 16.6. The van der Waals surface area contributed by atoms with Crippen LogP contribution >= 0.6 is 0 Å². The molecule has 0 bridgehead atoms. The van der Waals surface area contributed by atoms with Crippen molar-refractivity contribution in [1.82, 2.24) is 0 Å². The van der Waals surface area contributed by atoms with E-state index < -0.39 is 6.04 Å². The zero-order valence-corrected chi connectivity index (χ0v) is 9.45. The van der Waals surface area contributed by atoms with E-state index in [0.29, 0.717) is 24.5 Å². The molecule has 1 aliphatic rings. The van der Waals surface area contributed by atoms with Gasteiger partial charge in [0.25, 0.3) is 0 Å². The molecule has 0 aliphatic carbocycles. The van der Waals surface area contributed by atoms with Crippen molar-refractivity contribution in [1.29, 1.82) is 0 Å². The van der Waals surface area contributed by atoms with E-state index in [1.807, 2.05) is 6.92 Å². The number of nitrogens with two attached hydrogens (primary N) is 1. The zero-order valence-electron chi connectivity index (χ0n) is 9.45. The topological polar surface area (TPSA) is 61.6 Å². The second-order valence-corrected chi connectivity index (χ2v) is 3.97. The third kappa shape index (κ3) is 1.88. The van der Waals surface area contributed by atoms with Crippen molar-refractivity contribution in [2.75, 3.05) is 13.2 Å². The summed E-state index contributed by atoms with van der Waals surface area (Å²) in [6, 6.07) is 2.99. The summed E-state index contributed by atoms with van der Waals surface area (Å²) in [4.78, 5) is 11.8. The van der Waals surface area contributed by atoms with Gasteiger partial charge >= 0.3 is 0 Å². The fourth-order valence-electron chi connectivity index (χ4n) is 1.73. The second kappa shape index (κ2) is 4.14. The van der Waals surface area contributed by atoms with E-state index >= 15 is 0 Å². The molecule has 1 aliphatic heterocycles. The molecular weight excluding hydrogens is 206 g/mol. The molecule has 0 radical (unpaired) electrons. The van der Waals surface area contributed by atoms with Crippen LogP contribution in [0.2, 0.25) is 0 Å². The maximum atomic E-state index is 11.8. The maximum Gasteiger partial charge on any atom is 0.179 e. The monoisotopic (exact) mass is 221 g/mol. The summed E-state index contributed by atoms with van der Waals surface area (Å²) in [6.07, 6.45) is 0. The van der Waals surface area contributed by atoms with Crippen LogP contribution in [-0.4, -0.2) is 25.0 Å². The Balaban J connectivity index is 2.43. The van der Waals surface area contributed by atoms with Crippen molar-refractivity contribution in [3.63, 3.8) is 0 Å². The Morgan fingerprint density at radius 1 is 1.38 bits per heavy atom. The summed E-state index contributed by atoms with van der Waals surface area (Å²) >= 11 is 0. The van der Waals surface area contributed by atoms with Gasteiger partial charge in [0.2, 0.25) is 0 Å². The second-order valence-electron chi connectivity index (χ2n) is 3.97. The van der Waals surface area contributed by atoms with Crippen LogP contribution in [0.4, 0.5) is 0 Å². The van der Waals surface area contributed by atoms with Gasteiger partial charge in [-0.05, 0) is 31.5 Å². The van der Waals surface area contributed by atoms with Gasteiger partial charge < -0.3 is 15.2 Å². The summed E-state index contributed by atoms with van der Waals surface area (Å²) in [5.41, 5.74) is 7.06. The highest BCUT2D eigenvalue weighted by molar-refractivity contribution is 6.00. The van der Waals surface area contributed by atoms with E-state index in [2.05, 4.69) is 0 Å². The highest BCUT2D eigenvalue weighted by Crippen LogP contribution is 2.34. The molecule has 4 heteroatoms. The average molecular weight is 221 g/mol. The third-order valence-corrected chi connectivity index (χ3v) is 2.53. The Kier molecular flexibility index (Phi) is 2.83. The van der Waals surface area contributed by atoms with Crippen LogP contribution in [0.15, 0.2) is 12.1 Å². The fourth-order valence-corrected chi connectivity index (χ4v) is 1.73. The number of benzene rings is 1. The quantitative estimate of drug-likeness (QED) is 0.764. The van der Waals surface area contributed by atoms with Gasteiger partial charge in [-0.3, -0.25) is 4.79 Å². The molecule has 1 aromatic carbocycles. The van der Waals surface area contributed by atoms with Gasteiger partial charge in [0.1, 0.15) is 13.2 Å². The van der Waals surface area contributed by atoms with Crippen molar-refractivity contribution in [3.8, 4) is 11.5 Å². The first-order chi connectivity index (χ1) is 7.59. The molecule has 1 aromatic rings. The van der Waals surface area contributed by atoms with Crippen LogP contribution in [0.5, 0.6) is 11.5 Å². The molecule has 0 saturated heterocycles. The van der Waals surface area contributed by atoms with Gasteiger partial charge in [0, 0.05) is 5.56 Å². The largest absolute Gasteiger partial charge is 0.486 e. The normalized spacial score (nSPS) is 15.7. The molecule has 0 amide bonds. The summed E-state index contributed by atoms with van der Waals surface area (Å²) in [7, 11) is 0. The summed E-state index contributed by atoms with van der Waals surface area (Å²) in [5, 5.41) is 0. The van der Waals surface area contributed by atoms with E-state index in [1.165, 1.54) is 0 Å². The van der Waals surface area contributed by atoms with Gasteiger partial charge in [-0.25, -0.2) is 0 Å². The fraction of sp³-hybridized carbons (Fsp3) is 0.417. The van der Waals surface area contributed by atoms with Crippen molar-refractivity contribution in [2.45, 2.75) is 19.9 Å². The molecule has 4 nitrogen and oxygen atoms in total. The molecule has 0 saturated carbocycles. The van der Waals surface area contributed by atoms with E-state index in [1.54, 1.807) is 19.1 Å². The zero-order chi connectivity index (χ0) is 11.7. The Morgan fingerprint density at radius 2 is 2.06 bits per heavy atom. The van der Waals surface area contributed by atoms with Gasteiger partial charge in [-0.2, -0.15) is 0 Å². The number of ether oxygens (including phenoxy) is 2. The average Bonchev–Trinajstić information content (AvgIpc) is 2.28. The maximum absolute atomic E-state index is 11.8. The highest BCUT2D eigenvalue weighted by Gasteiger charge is 2.19. The number of aryl methyl sites for hydroxylation is 1. The lowest BCUT2D eigenvalue weighted by Gasteiger charge is -2.21. The molecule has 86 valence electrons. The number of carbonyl (C=O) groups is 1. The van der Waals surface area contributed by atoms with Crippen LogP contribution < -0.4 is 15.2 Å². The lowest BCUT2D eigenvalue weighted by molar-refractivity contribution is 0.0966. The minimum Gasteiger partial charge on any atom is -0.486 e. The van der Waals surface area contributed by atoms with Gasteiger partial charge in [-0.1, -0.05) is 0 Å². The van der Waals surface area contributed by atoms with Gasteiger partial charge in [0.05, 0.1) is 6.04 Å². The molecule has 1 atom stereocenters. The van der Waals surface area contributed by atoms with Crippen LogP contribution in [0.1, 0.15) is 22.8 Å². The standard InChI is InChI=1S/C12H15NO3/c1-7-5-9(11(14)8(2)13)6-10-12(7)16-4-3-15-10/h5-6,8H,3-4,13H2,1-2H3. The Labute approximate surface area is 94.3 Å². The molecule has 16 heavy (non-hydrogen) atoms. The summed E-state index contributed by atoms with van der Waals surface area (Å²) < 4.78 is 10.9. The van der Waals surface area contributed by atoms with Crippen molar-refractivity contribution >= 4 is 5.78 Å². The number of hydrogen-bond acceptors (Lipinski definition) is 4. The third-order valence-electron chi connectivity index (χ3n) is 2.53. The van der Waals surface area contributed by atoms with Crippen LogP contribution in [0.3, 0.4) is 0 Å². The Hall–Kier alpha value is -1.55. The lowest BCUT2D eigenvalue weighted by atomic mass is 10.0. The van der Waals surface area contributed by atoms with E-state index in [4.69, 9.17) is 15.2 Å². The van der Waals surface area contributed by atoms with Crippen molar-refractivity contribution in [2.24, 2.45) is 5.73 Å². The minimum atomic E-state index is -0.498. The molecule has 0 spiro atoms. The van der Waals surface area contributed by atoms with Crippen LogP contribution in [0, 0.1) is 6.92 Å². The van der Waals surface area contributed by atoms with Crippen LogP contribution in [0.25, 0.3) is 0 Å². The van der Waals surface area contributed by atoms with Gasteiger partial charge in [0.15, 0.2) is 17.3 Å². The summed E-state index contributed by atoms with van der Waals surface area (Å²) in [6.45, 7) is 4.64. The predicted molar refractivity (Wildman–Crippen MR) is 60.1 cm³/mol. The number of rotatable bonds is 2. The molecule has 1 heterocycles. The number of carbonyl (C=O) groups excluding carboxylic acids is 1. The first-order valence-corrected chi connectivity index (χ1v) is 5.29. The molecular formula is C12H15NO3. The van der Waals surface area contributed by atoms with E-state index in [-0.39, 0.29) is 5.78 Å². The summed E-state index contributed by atoms with van der Waals surface area (Å²) in [5.74, 6) is 1.28.